The van der Waals surface area contributed by atoms with E-state index in [2.05, 4.69) is 5.16 Å². The average molecular weight is 194 g/mol. The molecule has 0 bridgehead atoms. The Morgan fingerprint density at radius 1 is 1.75 bits per heavy atom. The molecule has 0 aromatic heterocycles. The molecule has 2 atom stereocenters. The van der Waals surface area contributed by atoms with E-state index in [-0.39, 0.29) is 17.7 Å². The van der Waals surface area contributed by atoms with Crippen molar-refractivity contribution in [2.75, 3.05) is 6.16 Å². The van der Waals surface area contributed by atoms with Gasteiger partial charge >= 0.3 is 0 Å². The minimum absolute atomic E-state index is 0.193. The van der Waals surface area contributed by atoms with Gasteiger partial charge in [-0.25, -0.2) is 0 Å². The molecule has 4 N–H and O–H groups in total. The van der Waals surface area contributed by atoms with Gasteiger partial charge in [0.1, 0.15) is 5.84 Å². The number of rotatable bonds is 4. The molecule has 0 heterocycles. The van der Waals surface area contributed by atoms with Crippen molar-refractivity contribution in [1.29, 1.82) is 0 Å². The van der Waals surface area contributed by atoms with Crippen molar-refractivity contribution in [1.82, 2.24) is 0 Å². The molecular weight excluding hydrogens is 179 g/mol. The number of hydrogen-bond donors (Lipinski definition) is 3. The number of nitrogens with two attached hydrogens (primary N) is 1. The topological polar surface area (TPSA) is 95.9 Å². The van der Waals surface area contributed by atoms with Crippen LogP contribution in [-0.2, 0) is 4.57 Å². The van der Waals surface area contributed by atoms with E-state index in [0.717, 1.165) is 0 Å². The van der Waals surface area contributed by atoms with Gasteiger partial charge in [-0.3, -0.25) is 4.57 Å². The van der Waals surface area contributed by atoms with Crippen molar-refractivity contribution < 1.29 is 14.7 Å². The van der Waals surface area contributed by atoms with Crippen LogP contribution in [0.25, 0.3) is 0 Å². The number of nitrogens with zero attached hydrogens (tertiary/aromatic N) is 1. The molecule has 0 spiro atoms. The van der Waals surface area contributed by atoms with Crippen molar-refractivity contribution in [2.24, 2.45) is 10.9 Å². The summed E-state index contributed by atoms with van der Waals surface area (Å²) >= 11 is 0. The van der Waals surface area contributed by atoms with Gasteiger partial charge in [0.25, 0.3) is 0 Å². The zero-order valence-electron chi connectivity index (χ0n) is 7.27. The van der Waals surface area contributed by atoms with Crippen LogP contribution in [0.3, 0.4) is 0 Å². The Kier molecular flexibility index (Phi) is 4.28. The van der Waals surface area contributed by atoms with Crippen molar-refractivity contribution in [3.63, 3.8) is 0 Å². The minimum atomic E-state index is -3.27. The first-order valence-corrected chi connectivity index (χ1v) is 5.63. The largest absolute Gasteiger partial charge is 0.409 e. The standard InChI is InChI=1S/C6H15N2O3P/c1-3-5(2)12(10,11)4-6(7)8-9/h5,9H,3-4H2,1-2H3,(H2,7,8)(H,10,11). The maximum Gasteiger partial charge on any atom is 0.210 e. The first kappa shape index (κ1) is 11.5. The van der Waals surface area contributed by atoms with E-state index >= 15 is 0 Å². The molecular formula is C6H15N2O3P. The molecule has 0 aromatic carbocycles. The zero-order chi connectivity index (χ0) is 9.78. The monoisotopic (exact) mass is 194 g/mol. The highest BCUT2D eigenvalue weighted by Crippen LogP contribution is 2.46. The molecule has 0 aliphatic carbocycles. The fourth-order valence-electron chi connectivity index (χ4n) is 0.705. The highest BCUT2D eigenvalue weighted by molar-refractivity contribution is 7.59. The molecule has 72 valence electrons. The van der Waals surface area contributed by atoms with E-state index in [0.29, 0.717) is 6.42 Å². The molecule has 0 aromatic rings. The second kappa shape index (κ2) is 4.48. The molecule has 2 unspecified atom stereocenters. The Hall–Kier alpha value is -0.540. The average Bonchev–Trinajstić information content (AvgIpc) is 2.02. The van der Waals surface area contributed by atoms with Gasteiger partial charge in [0.05, 0.1) is 6.16 Å². The third kappa shape index (κ3) is 3.24. The van der Waals surface area contributed by atoms with E-state index in [9.17, 15) is 9.46 Å². The van der Waals surface area contributed by atoms with Crippen LogP contribution in [0.4, 0.5) is 0 Å². The van der Waals surface area contributed by atoms with Gasteiger partial charge in [-0.1, -0.05) is 19.0 Å². The Morgan fingerprint density at radius 2 is 2.25 bits per heavy atom. The Morgan fingerprint density at radius 3 is 2.58 bits per heavy atom. The van der Waals surface area contributed by atoms with Crippen LogP contribution in [0.15, 0.2) is 5.16 Å². The Balaban J connectivity index is 4.33. The van der Waals surface area contributed by atoms with Gasteiger partial charge in [-0.15, -0.1) is 0 Å². The van der Waals surface area contributed by atoms with Gasteiger partial charge < -0.3 is 15.8 Å². The lowest BCUT2D eigenvalue weighted by atomic mass is 10.4. The zero-order valence-corrected chi connectivity index (χ0v) is 8.16. The summed E-state index contributed by atoms with van der Waals surface area (Å²) in [5.41, 5.74) is 4.81. The van der Waals surface area contributed by atoms with Crippen LogP contribution in [0.2, 0.25) is 0 Å². The summed E-state index contributed by atoms with van der Waals surface area (Å²) < 4.78 is 11.4. The van der Waals surface area contributed by atoms with Gasteiger partial charge in [-0.05, 0) is 6.42 Å². The van der Waals surface area contributed by atoms with Gasteiger partial charge in [-0.2, -0.15) is 0 Å². The second-order valence-corrected chi connectivity index (χ2v) is 5.47. The molecule has 0 fully saturated rings. The maximum absolute atomic E-state index is 11.4. The smallest absolute Gasteiger partial charge is 0.210 e. The van der Waals surface area contributed by atoms with Crippen LogP contribution in [-0.4, -0.2) is 27.8 Å². The summed E-state index contributed by atoms with van der Waals surface area (Å²) in [7, 11) is -3.27. The lowest BCUT2D eigenvalue weighted by molar-refractivity contribution is 0.317. The Bertz CT molecular complexity index is 217. The first-order valence-electron chi connectivity index (χ1n) is 3.72. The van der Waals surface area contributed by atoms with Crippen molar-refractivity contribution in [3.05, 3.63) is 0 Å². The normalized spacial score (nSPS) is 20.1. The summed E-state index contributed by atoms with van der Waals surface area (Å²) in [5.74, 6) is -0.193. The summed E-state index contributed by atoms with van der Waals surface area (Å²) in [5, 5.41) is 10.8. The van der Waals surface area contributed by atoms with E-state index in [1.807, 2.05) is 6.92 Å². The maximum atomic E-state index is 11.4. The third-order valence-corrected chi connectivity index (χ3v) is 4.32. The highest BCUT2D eigenvalue weighted by Gasteiger charge is 2.26. The molecule has 12 heavy (non-hydrogen) atoms. The van der Waals surface area contributed by atoms with E-state index in [4.69, 9.17) is 10.9 Å². The van der Waals surface area contributed by atoms with Crippen LogP contribution in [0.1, 0.15) is 20.3 Å². The number of hydrogen-bond acceptors (Lipinski definition) is 3. The Labute approximate surface area is 71.7 Å². The SMILES string of the molecule is CCC(C)P(=O)(O)CC(N)=NO. The van der Waals surface area contributed by atoms with Gasteiger partial charge in [0, 0.05) is 5.66 Å². The lowest BCUT2D eigenvalue weighted by Crippen LogP contribution is -2.20. The molecule has 0 aliphatic rings. The van der Waals surface area contributed by atoms with Crippen molar-refractivity contribution in [3.8, 4) is 0 Å². The third-order valence-electron chi connectivity index (χ3n) is 1.80. The number of amidine groups is 1. The molecule has 0 saturated carbocycles. The second-order valence-electron chi connectivity index (χ2n) is 2.76. The highest BCUT2D eigenvalue weighted by atomic mass is 31.2. The molecule has 0 aliphatic heterocycles. The van der Waals surface area contributed by atoms with Crippen LogP contribution >= 0.6 is 7.37 Å². The summed E-state index contributed by atoms with van der Waals surface area (Å²) in [6, 6.07) is 0. The fourth-order valence-corrected chi connectivity index (χ4v) is 2.11. The first-order chi connectivity index (χ1) is 5.44. The fraction of sp³-hybridized carbons (Fsp3) is 0.833. The molecule has 0 amide bonds. The van der Waals surface area contributed by atoms with E-state index in [1.54, 1.807) is 6.92 Å². The molecule has 6 heteroatoms. The predicted octanol–water partition coefficient (Wildman–Crippen LogP) is 0.802. The van der Waals surface area contributed by atoms with Gasteiger partial charge in [0.2, 0.25) is 7.37 Å². The van der Waals surface area contributed by atoms with Gasteiger partial charge in [0.15, 0.2) is 0 Å². The van der Waals surface area contributed by atoms with Crippen LogP contribution in [0, 0.1) is 0 Å². The summed E-state index contributed by atoms with van der Waals surface area (Å²) in [6.45, 7) is 3.49. The molecule has 0 radical (unpaired) electrons. The molecule has 0 rings (SSSR count). The predicted molar refractivity (Wildman–Crippen MR) is 47.9 cm³/mol. The van der Waals surface area contributed by atoms with Crippen molar-refractivity contribution in [2.45, 2.75) is 25.9 Å². The number of oxime groups is 1. The lowest BCUT2D eigenvalue weighted by Gasteiger charge is -2.16. The minimum Gasteiger partial charge on any atom is -0.409 e. The molecule has 5 nitrogen and oxygen atoms in total. The van der Waals surface area contributed by atoms with E-state index < -0.39 is 7.37 Å². The summed E-state index contributed by atoms with van der Waals surface area (Å²) in [6.07, 6.45) is 0.366. The quantitative estimate of drug-likeness (QED) is 0.203. The van der Waals surface area contributed by atoms with Crippen LogP contribution in [0.5, 0.6) is 0 Å². The summed E-state index contributed by atoms with van der Waals surface area (Å²) in [4.78, 5) is 9.37. The van der Waals surface area contributed by atoms with Crippen molar-refractivity contribution >= 4 is 13.2 Å². The molecule has 0 saturated heterocycles. The van der Waals surface area contributed by atoms with E-state index in [1.165, 1.54) is 0 Å². The van der Waals surface area contributed by atoms with Crippen LogP contribution < -0.4 is 5.73 Å².